The van der Waals surface area contributed by atoms with Crippen molar-refractivity contribution in [1.29, 1.82) is 0 Å². The molecule has 96 valence electrons. The minimum absolute atomic E-state index is 0.189. The van der Waals surface area contributed by atoms with E-state index < -0.39 is 0 Å². The molecule has 18 heavy (non-hydrogen) atoms. The average molecular weight is 282 g/mol. The van der Waals surface area contributed by atoms with E-state index in [1.54, 1.807) is 5.38 Å². The van der Waals surface area contributed by atoms with Crippen LogP contribution in [0.2, 0.25) is 0 Å². The van der Waals surface area contributed by atoms with Crippen molar-refractivity contribution in [3.05, 3.63) is 22.1 Å². The first kappa shape index (κ1) is 13.1. The second kappa shape index (κ2) is 5.11. The zero-order valence-corrected chi connectivity index (χ0v) is 12.1. The quantitative estimate of drug-likeness (QED) is 0.940. The zero-order chi connectivity index (χ0) is 13.2. The lowest BCUT2D eigenvalue weighted by Gasteiger charge is -2.15. The van der Waals surface area contributed by atoms with Gasteiger partial charge in [0, 0.05) is 10.8 Å². The fourth-order valence-electron chi connectivity index (χ4n) is 1.41. The molecule has 2 aromatic rings. The number of nitrogens with zero attached hydrogens (tertiary/aromatic N) is 3. The first-order valence-electron chi connectivity index (χ1n) is 5.47. The van der Waals surface area contributed by atoms with E-state index in [9.17, 15) is 4.79 Å². The largest absolute Gasteiger partial charge is 0.296 e. The smallest absolute Gasteiger partial charge is 0.278 e. The fraction of sp³-hybridized carbons (Fsp3) is 0.455. The van der Waals surface area contributed by atoms with Gasteiger partial charge in [-0.1, -0.05) is 25.3 Å². The highest BCUT2D eigenvalue weighted by molar-refractivity contribution is 7.14. The molecule has 2 aromatic heterocycles. The summed E-state index contributed by atoms with van der Waals surface area (Å²) >= 11 is 2.58. The number of carbonyl (C=O) groups is 1. The van der Waals surface area contributed by atoms with Gasteiger partial charge in [0.25, 0.3) is 5.91 Å². The lowest BCUT2D eigenvalue weighted by molar-refractivity contribution is 0.102. The van der Waals surface area contributed by atoms with E-state index in [1.165, 1.54) is 11.3 Å². The number of hydrogen-bond acceptors (Lipinski definition) is 6. The van der Waals surface area contributed by atoms with Crippen LogP contribution in [-0.4, -0.2) is 20.5 Å². The van der Waals surface area contributed by atoms with E-state index in [4.69, 9.17) is 0 Å². The summed E-state index contributed by atoms with van der Waals surface area (Å²) in [4.78, 5) is 16.1. The van der Waals surface area contributed by atoms with Crippen molar-refractivity contribution in [1.82, 2.24) is 14.6 Å². The second-order valence-electron chi connectivity index (χ2n) is 5.13. The molecule has 0 aliphatic carbocycles. The maximum Gasteiger partial charge on any atom is 0.278 e. The predicted octanol–water partition coefficient (Wildman–Crippen LogP) is 2.84. The van der Waals surface area contributed by atoms with Crippen LogP contribution in [-0.2, 0) is 6.42 Å². The van der Waals surface area contributed by atoms with Gasteiger partial charge in [-0.3, -0.25) is 10.1 Å². The summed E-state index contributed by atoms with van der Waals surface area (Å²) in [5.41, 5.74) is 1.51. The van der Waals surface area contributed by atoms with Gasteiger partial charge in [0.2, 0.25) is 0 Å². The maximum atomic E-state index is 11.7. The second-order valence-corrected chi connectivity index (χ2v) is 6.59. The van der Waals surface area contributed by atoms with Gasteiger partial charge in [-0.15, -0.1) is 16.4 Å². The maximum absolute atomic E-state index is 11.7. The van der Waals surface area contributed by atoms with E-state index in [0.717, 1.165) is 23.6 Å². The van der Waals surface area contributed by atoms with Gasteiger partial charge in [0.1, 0.15) is 0 Å². The lowest BCUT2D eigenvalue weighted by atomic mass is 9.91. The van der Waals surface area contributed by atoms with Crippen LogP contribution in [0.15, 0.2) is 10.8 Å². The molecular weight excluding hydrogens is 268 g/mol. The highest BCUT2D eigenvalue weighted by atomic mass is 32.1. The summed E-state index contributed by atoms with van der Waals surface area (Å²) in [5.74, 6) is -0.264. The van der Waals surface area contributed by atoms with Crippen molar-refractivity contribution in [2.24, 2.45) is 5.41 Å². The van der Waals surface area contributed by atoms with Crippen LogP contribution in [0.4, 0.5) is 5.13 Å². The van der Waals surface area contributed by atoms with Crippen LogP contribution in [0.5, 0.6) is 0 Å². The van der Waals surface area contributed by atoms with Crippen molar-refractivity contribution in [3.8, 4) is 0 Å². The Morgan fingerprint density at radius 3 is 2.78 bits per heavy atom. The van der Waals surface area contributed by atoms with Crippen molar-refractivity contribution in [2.75, 3.05) is 5.32 Å². The SMILES string of the molecule is CC(C)(C)Cc1csc(NC(=O)c2csnn2)n1. The number of amides is 1. The molecule has 0 saturated carbocycles. The lowest BCUT2D eigenvalue weighted by Crippen LogP contribution is -2.13. The Labute approximate surface area is 113 Å². The van der Waals surface area contributed by atoms with Gasteiger partial charge in [-0.25, -0.2) is 4.98 Å². The third-order valence-corrected chi connectivity index (χ3v) is 3.39. The number of aromatic nitrogens is 3. The van der Waals surface area contributed by atoms with E-state index in [-0.39, 0.29) is 11.3 Å². The Kier molecular flexibility index (Phi) is 3.72. The molecule has 0 spiro atoms. The van der Waals surface area contributed by atoms with Crippen LogP contribution in [0.25, 0.3) is 0 Å². The fourth-order valence-corrected chi connectivity index (χ4v) is 2.56. The molecule has 0 saturated heterocycles. The van der Waals surface area contributed by atoms with E-state index >= 15 is 0 Å². The summed E-state index contributed by atoms with van der Waals surface area (Å²) < 4.78 is 3.65. The zero-order valence-electron chi connectivity index (χ0n) is 10.4. The standard InChI is InChI=1S/C11H14N4OS2/c1-11(2,3)4-7-5-17-10(12-7)13-9(16)8-6-18-15-14-8/h5-6H,4H2,1-3H3,(H,12,13,16). The number of carbonyl (C=O) groups excluding carboxylic acids is 1. The third-order valence-electron chi connectivity index (χ3n) is 2.08. The normalized spacial score (nSPS) is 11.5. The van der Waals surface area contributed by atoms with Gasteiger partial charge >= 0.3 is 0 Å². The van der Waals surface area contributed by atoms with Crippen LogP contribution >= 0.6 is 22.9 Å². The van der Waals surface area contributed by atoms with Gasteiger partial charge in [0.05, 0.1) is 5.69 Å². The number of anilines is 1. The molecule has 2 rings (SSSR count). The number of thiazole rings is 1. The summed E-state index contributed by atoms with van der Waals surface area (Å²) in [5, 5.41) is 10.6. The molecule has 7 heteroatoms. The Hall–Kier alpha value is -1.34. The van der Waals surface area contributed by atoms with Gasteiger partial charge in [-0.2, -0.15) is 0 Å². The highest BCUT2D eigenvalue weighted by Crippen LogP contribution is 2.24. The molecule has 0 fully saturated rings. The van der Waals surface area contributed by atoms with Crippen LogP contribution < -0.4 is 5.32 Å². The molecule has 0 atom stereocenters. The van der Waals surface area contributed by atoms with E-state index in [0.29, 0.717) is 10.8 Å². The Balaban J connectivity index is 2.01. The summed E-state index contributed by atoms with van der Waals surface area (Å²) in [6, 6.07) is 0. The molecule has 1 amide bonds. The van der Waals surface area contributed by atoms with Crippen LogP contribution in [0.3, 0.4) is 0 Å². The number of nitrogens with one attached hydrogen (secondary N) is 1. The molecule has 0 aliphatic rings. The number of rotatable bonds is 3. The molecule has 5 nitrogen and oxygen atoms in total. The van der Waals surface area contributed by atoms with Crippen molar-refractivity contribution in [2.45, 2.75) is 27.2 Å². The minimum Gasteiger partial charge on any atom is -0.296 e. The summed E-state index contributed by atoms with van der Waals surface area (Å²) in [6.45, 7) is 6.47. The third kappa shape index (κ3) is 3.58. The van der Waals surface area contributed by atoms with Gasteiger partial charge in [0.15, 0.2) is 10.8 Å². The minimum atomic E-state index is -0.264. The molecule has 0 unspecified atom stereocenters. The van der Waals surface area contributed by atoms with Gasteiger partial charge < -0.3 is 0 Å². The van der Waals surface area contributed by atoms with Gasteiger partial charge in [-0.05, 0) is 23.4 Å². The van der Waals surface area contributed by atoms with Crippen molar-refractivity contribution < 1.29 is 4.79 Å². The Bertz CT molecular complexity index is 527. The monoisotopic (exact) mass is 282 g/mol. The van der Waals surface area contributed by atoms with Crippen LogP contribution in [0.1, 0.15) is 37.0 Å². The summed E-state index contributed by atoms with van der Waals surface area (Å²) in [7, 11) is 0. The first-order chi connectivity index (χ1) is 8.44. The molecule has 0 radical (unpaired) electrons. The van der Waals surface area contributed by atoms with E-state index in [2.05, 4.69) is 40.7 Å². The predicted molar refractivity (Wildman–Crippen MR) is 73.1 cm³/mol. The number of hydrogen-bond donors (Lipinski definition) is 1. The van der Waals surface area contributed by atoms with Crippen molar-refractivity contribution >= 4 is 33.9 Å². The first-order valence-corrected chi connectivity index (χ1v) is 7.18. The topological polar surface area (TPSA) is 67.8 Å². The molecule has 1 N–H and O–H groups in total. The summed E-state index contributed by atoms with van der Waals surface area (Å²) in [6.07, 6.45) is 0.887. The van der Waals surface area contributed by atoms with Crippen LogP contribution in [0, 0.1) is 5.41 Å². The Morgan fingerprint density at radius 2 is 2.17 bits per heavy atom. The van der Waals surface area contributed by atoms with Crippen molar-refractivity contribution in [3.63, 3.8) is 0 Å². The average Bonchev–Trinajstić information content (AvgIpc) is 2.86. The Morgan fingerprint density at radius 1 is 1.39 bits per heavy atom. The molecule has 0 aliphatic heterocycles. The van der Waals surface area contributed by atoms with E-state index in [1.807, 2.05) is 5.38 Å². The molecule has 0 aromatic carbocycles. The molecule has 0 bridgehead atoms. The highest BCUT2D eigenvalue weighted by Gasteiger charge is 2.15. The molecular formula is C11H14N4OS2. The molecule has 2 heterocycles.